The third-order valence-electron chi connectivity index (χ3n) is 2.64. The van der Waals surface area contributed by atoms with Gasteiger partial charge in [0.15, 0.2) is 0 Å². The van der Waals surface area contributed by atoms with E-state index in [-0.39, 0.29) is 5.91 Å². The Kier molecular flexibility index (Phi) is 5.96. The van der Waals surface area contributed by atoms with Gasteiger partial charge >= 0.3 is 5.97 Å². The van der Waals surface area contributed by atoms with Crippen LogP contribution in [0.15, 0.2) is 18.3 Å². The van der Waals surface area contributed by atoms with Gasteiger partial charge in [-0.25, -0.2) is 9.78 Å². The highest BCUT2D eigenvalue weighted by Crippen LogP contribution is 2.13. The number of hydrogen-bond acceptors (Lipinski definition) is 5. The van der Waals surface area contributed by atoms with Crippen LogP contribution in [0.5, 0.6) is 0 Å². The summed E-state index contributed by atoms with van der Waals surface area (Å²) in [5.74, 6) is 0.0914. The molecule has 1 heterocycles. The zero-order valence-corrected chi connectivity index (χ0v) is 12.3. The molecule has 2 N–H and O–H groups in total. The predicted molar refractivity (Wildman–Crippen MR) is 76.5 cm³/mol. The second-order valence-corrected chi connectivity index (χ2v) is 4.90. The van der Waals surface area contributed by atoms with Crippen LogP contribution in [0.3, 0.4) is 0 Å². The maximum absolute atomic E-state index is 11.9. The van der Waals surface area contributed by atoms with Crippen molar-refractivity contribution >= 4 is 17.7 Å². The van der Waals surface area contributed by atoms with Gasteiger partial charge in [0.1, 0.15) is 17.4 Å². The molecule has 1 rings (SSSR count). The normalized spacial score (nSPS) is 11.8. The molecule has 0 fully saturated rings. The van der Waals surface area contributed by atoms with Crippen molar-refractivity contribution in [3.8, 4) is 0 Å². The minimum atomic E-state index is -0.493. The Labute approximate surface area is 118 Å². The van der Waals surface area contributed by atoms with Crippen LogP contribution in [0.1, 0.15) is 31.1 Å². The summed E-state index contributed by atoms with van der Waals surface area (Å²) in [7, 11) is 1.30. The standard InChI is InChI=1S/C14H21N3O3/c1-9(2)8-16-13(18)10(3)17-12-11(14(19)20-4)6-5-7-15-12/h5-7,9-10H,8H2,1-4H3,(H,15,17)(H,16,18). The topological polar surface area (TPSA) is 80.3 Å². The van der Waals surface area contributed by atoms with Gasteiger partial charge < -0.3 is 15.4 Å². The smallest absolute Gasteiger partial charge is 0.341 e. The summed E-state index contributed by atoms with van der Waals surface area (Å²) < 4.78 is 4.68. The third-order valence-corrected chi connectivity index (χ3v) is 2.64. The molecule has 0 saturated carbocycles. The molecule has 20 heavy (non-hydrogen) atoms. The van der Waals surface area contributed by atoms with Crippen LogP contribution >= 0.6 is 0 Å². The Morgan fingerprint density at radius 1 is 1.35 bits per heavy atom. The van der Waals surface area contributed by atoms with Gasteiger partial charge in [-0.05, 0) is 25.0 Å². The molecule has 0 saturated heterocycles. The lowest BCUT2D eigenvalue weighted by Gasteiger charge is -2.17. The first kappa shape index (κ1) is 15.9. The van der Waals surface area contributed by atoms with Crippen LogP contribution in [0, 0.1) is 5.92 Å². The van der Waals surface area contributed by atoms with Gasteiger partial charge in [-0.3, -0.25) is 4.79 Å². The van der Waals surface area contributed by atoms with Gasteiger partial charge in [0.25, 0.3) is 0 Å². The minimum absolute atomic E-state index is 0.139. The van der Waals surface area contributed by atoms with E-state index < -0.39 is 12.0 Å². The van der Waals surface area contributed by atoms with E-state index in [1.54, 1.807) is 25.3 Å². The average Bonchev–Trinajstić information content (AvgIpc) is 2.44. The number of amides is 1. The number of esters is 1. The molecule has 0 aromatic carbocycles. The van der Waals surface area contributed by atoms with Gasteiger partial charge in [0, 0.05) is 12.7 Å². The van der Waals surface area contributed by atoms with Crippen molar-refractivity contribution in [1.82, 2.24) is 10.3 Å². The predicted octanol–water partition coefficient (Wildman–Crippen LogP) is 1.44. The Bertz CT molecular complexity index is 474. The van der Waals surface area contributed by atoms with Crippen LogP contribution in [-0.4, -0.2) is 36.6 Å². The Morgan fingerprint density at radius 2 is 2.05 bits per heavy atom. The average molecular weight is 279 g/mol. The highest BCUT2D eigenvalue weighted by molar-refractivity contribution is 5.95. The molecule has 0 radical (unpaired) electrons. The van der Waals surface area contributed by atoms with Gasteiger partial charge in [-0.2, -0.15) is 0 Å². The molecule has 0 aliphatic rings. The number of nitrogens with zero attached hydrogens (tertiary/aromatic N) is 1. The fraction of sp³-hybridized carbons (Fsp3) is 0.500. The fourth-order valence-corrected chi connectivity index (χ4v) is 1.52. The molecule has 0 aliphatic carbocycles. The zero-order valence-electron chi connectivity index (χ0n) is 12.3. The van der Waals surface area contributed by atoms with Crippen molar-refractivity contribution < 1.29 is 14.3 Å². The lowest BCUT2D eigenvalue weighted by atomic mass is 10.2. The molecular weight excluding hydrogens is 258 g/mol. The van der Waals surface area contributed by atoms with E-state index in [1.165, 1.54) is 7.11 Å². The number of carbonyl (C=O) groups is 2. The summed E-state index contributed by atoms with van der Waals surface area (Å²) in [6.07, 6.45) is 1.55. The number of hydrogen-bond donors (Lipinski definition) is 2. The molecule has 0 aliphatic heterocycles. The summed E-state index contributed by atoms with van der Waals surface area (Å²) in [6.45, 7) is 6.36. The van der Waals surface area contributed by atoms with Gasteiger partial charge in [-0.15, -0.1) is 0 Å². The van der Waals surface area contributed by atoms with Crippen molar-refractivity contribution in [3.63, 3.8) is 0 Å². The molecule has 1 amide bonds. The number of aromatic nitrogens is 1. The summed E-state index contributed by atoms with van der Waals surface area (Å²) >= 11 is 0. The summed E-state index contributed by atoms with van der Waals surface area (Å²) in [5.41, 5.74) is 0.304. The zero-order chi connectivity index (χ0) is 15.1. The third kappa shape index (κ3) is 4.53. The second-order valence-electron chi connectivity index (χ2n) is 4.90. The van der Waals surface area contributed by atoms with E-state index in [9.17, 15) is 9.59 Å². The number of pyridine rings is 1. The van der Waals surface area contributed by atoms with E-state index in [4.69, 9.17) is 0 Å². The Hall–Kier alpha value is -2.11. The number of methoxy groups -OCH3 is 1. The molecule has 6 heteroatoms. The quantitative estimate of drug-likeness (QED) is 0.770. The largest absolute Gasteiger partial charge is 0.465 e. The first-order valence-corrected chi connectivity index (χ1v) is 6.53. The van der Waals surface area contributed by atoms with Crippen molar-refractivity contribution in [2.24, 2.45) is 5.92 Å². The van der Waals surface area contributed by atoms with E-state index in [2.05, 4.69) is 20.4 Å². The number of anilines is 1. The lowest BCUT2D eigenvalue weighted by Crippen LogP contribution is -2.39. The molecule has 110 valence electrons. The number of ether oxygens (including phenoxy) is 1. The second kappa shape index (κ2) is 7.47. The van der Waals surface area contributed by atoms with Gasteiger partial charge in [0.2, 0.25) is 5.91 Å². The SMILES string of the molecule is COC(=O)c1cccnc1NC(C)C(=O)NCC(C)C. The van der Waals surface area contributed by atoms with Gasteiger partial charge in [0.05, 0.1) is 7.11 Å². The molecule has 6 nitrogen and oxygen atoms in total. The van der Waals surface area contributed by atoms with Crippen LogP contribution in [0.2, 0.25) is 0 Å². The van der Waals surface area contributed by atoms with Crippen molar-refractivity contribution in [2.45, 2.75) is 26.8 Å². The molecule has 1 aromatic heterocycles. The fourth-order valence-electron chi connectivity index (χ4n) is 1.52. The monoisotopic (exact) mass is 279 g/mol. The molecule has 1 atom stereocenters. The highest BCUT2D eigenvalue weighted by Gasteiger charge is 2.18. The van der Waals surface area contributed by atoms with Crippen LogP contribution < -0.4 is 10.6 Å². The van der Waals surface area contributed by atoms with Crippen molar-refractivity contribution in [1.29, 1.82) is 0 Å². The van der Waals surface area contributed by atoms with Crippen LogP contribution in [-0.2, 0) is 9.53 Å². The Balaban J connectivity index is 2.73. The molecule has 0 bridgehead atoms. The molecular formula is C14H21N3O3. The first-order valence-electron chi connectivity index (χ1n) is 6.53. The minimum Gasteiger partial charge on any atom is -0.465 e. The molecule has 0 spiro atoms. The summed E-state index contributed by atoms with van der Waals surface area (Å²) in [6, 6.07) is 2.74. The first-order chi connectivity index (χ1) is 9.45. The van der Waals surface area contributed by atoms with Crippen molar-refractivity contribution in [3.05, 3.63) is 23.9 Å². The highest BCUT2D eigenvalue weighted by atomic mass is 16.5. The summed E-state index contributed by atoms with van der Waals surface area (Å²) in [5, 5.41) is 5.74. The number of nitrogens with one attached hydrogen (secondary N) is 2. The van der Waals surface area contributed by atoms with Crippen LogP contribution in [0.25, 0.3) is 0 Å². The molecule has 1 unspecified atom stereocenters. The van der Waals surface area contributed by atoms with Gasteiger partial charge in [-0.1, -0.05) is 13.8 Å². The maximum atomic E-state index is 11.9. The van der Waals surface area contributed by atoms with E-state index in [0.29, 0.717) is 23.8 Å². The summed E-state index contributed by atoms with van der Waals surface area (Å²) in [4.78, 5) is 27.6. The van der Waals surface area contributed by atoms with E-state index in [0.717, 1.165) is 0 Å². The maximum Gasteiger partial charge on any atom is 0.341 e. The lowest BCUT2D eigenvalue weighted by molar-refractivity contribution is -0.121. The van der Waals surface area contributed by atoms with Crippen molar-refractivity contribution in [2.75, 3.05) is 19.0 Å². The number of carbonyl (C=O) groups excluding carboxylic acids is 2. The van der Waals surface area contributed by atoms with E-state index in [1.807, 2.05) is 13.8 Å². The van der Waals surface area contributed by atoms with Crippen LogP contribution in [0.4, 0.5) is 5.82 Å². The van der Waals surface area contributed by atoms with E-state index >= 15 is 0 Å². The molecule has 1 aromatic rings. The number of rotatable bonds is 6. The Morgan fingerprint density at radius 3 is 2.65 bits per heavy atom.